The van der Waals surface area contributed by atoms with Crippen LogP contribution in [0.15, 0.2) is 60.8 Å². The number of hydrogen-bond donors (Lipinski definition) is 1. The molecule has 1 aromatic heterocycles. The molecule has 2 heterocycles. The summed E-state index contributed by atoms with van der Waals surface area (Å²) in [7, 11) is 3.31. The molecule has 0 unspecified atom stereocenters. The average molecular weight is 515 g/mol. The van der Waals surface area contributed by atoms with Crippen LogP contribution < -0.4 is 19.7 Å². The van der Waals surface area contributed by atoms with Gasteiger partial charge in [0.15, 0.2) is 0 Å². The molecule has 37 heavy (non-hydrogen) atoms. The maximum atomic E-state index is 12.7. The summed E-state index contributed by atoms with van der Waals surface area (Å²) in [6, 6.07) is 13.5. The van der Waals surface area contributed by atoms with Gasteiger partial charge in [0.1, 0.15) is 17.3 Å². The first-order valence-corrected chi connectivity index (χ1v) is 11.9. The lowest BCUT2D eigenvalue weighted by Gasteiger charge is -2.23. The largest absolute Gasteiger partial charge is 0.497 e. The average Bonchev–Trinajstić information content (AvgIpc) is 3.14. The fraction of sp³-hybridized carbons (Fsp3) is 0.333. The minimum atomic E-state index is -4.44. The molecule has 0 radical (unpaired) electrons. The van der Waals surface area contributed by atoms with E-state index in [1.165, 1.54) is 0 Å². The summed E-state index contributed by atoms with van der Waals surface area (Å²) in [4.78, 5) is 21.5. The van der Waals surface area contributed by atoms with Gasteiger partial charge >= 0.3 is 6.18 Å². The van der Waals surface area contributed by atoms with Crippen molar-refractivity contribution in [3.8, 4) is 11.5 Å². The highest BCUT2D eigenvalue weighted by Crippen LogP contribution is 2.29. The molecule has 1 fully saturated rings. The van der Waals surface area contributed by atoms with Gasteiger partial charge in [-0.1, -0.05) is 0 Å². The molecule has 10 heteroatoms. The summed E-state index contributed by atoms with van der Waals surface area (Å²) in [5, 5.41) is 2.68. The van der Waals surface area contributed by atoms with Crippen molar-refractivity contribution in [1.29, 1.82) is 0 Å². The summed E-state index contributed by atoms with van der Waals surface area (Å²) in [6.45, 7) is 4.15. The Balaban J connectivity index is 1.34. The van der Waals surface area contributed by atoms with Gasteiger partial charge in [-0.05, 0) is 61.0 Å². The van der Waals surface area contributed by atoms with Crippen LogP contribution in [0.1, 0.15) is 27.9 Å². The van der Waals surface area contributed by atoms with Gasteiger partial charge in [0, 0.05) is 43.9 Å². The van der Waals surface area contributed by atoms with Crippen molar-refractivity contribution in [3.63, 3.8) is 0 Å². The first-order chi connectivity index (χ1) is 17.8. The third-order valence-corrected chi connectivity index (χ3v) is 6.27. The number of pyridine rings is 1. The lowest BCUT2D eigenvalue weighted by molar-refractivity contribution is -0.137. The van der Waals surface area contributed by atoms with Gasteiger partial charge < -0.3 is 19.7 Å². The lowest BCUT2D eigenvalue weighted by Crippen LogP contribution is -2.31. The number of methoxy groups -OCH3 is 2. The second-order valence-electron chi connectivity index (χ2n) is 8.73. The summed E-state index contributed by atoms with van der Waals surface area (Å²) in [6.07, 6.45) is -1.93. The van der Waals surface area contributed by atoms with Crippen LogP contribution in [0, 0.1) is 0 Å². The zero-order valence-electron chi connectivity index (χ0n) is 20.7. The number of ether oxygens (including phenoxy) is 2. The van der Waals surface area contributed by atoms with Crippen LogP contribution in [-0.2, 0) is 12.7 Å². The van der Waals surface area contributed by atoms with Crippen molar-refractivity contribution in [3.05, 3.63) is 77.5 Å². The Bertz CT molecular complexity index is 1200. The number of nitrogens with zero attached hydrogens (tertiary/aromatic N) is 3. The van der Waals surface area contributed by atoms with Crippen LogP contribution in [0.25, 0.3) is 0 Å². The minimum Gasteiger partial charge on any atom is -0.497 e. The maximum absolute atomic E-state index is 12.7. The van der Waals surface area contributed by atoms with Gasteiger partial charge in [-0.25, -0.2) is 4.98 Å². The molecule has 1 aliphatic rings. The smallest absolute Gasteiger partial charge is 0.416 e. The van der Waals surface area contributed by atoms with E-state index < -0.39 is 17.6 Å². The summed E-state index contributed by atoms with van der Waals surface area (Å²) >= 11 is 0. The topological polar surface area (TPSA) is 66.9 Å². The maximum Gasteiger partial charge on any atom is 0.416 e. The highest BCUT2D eigenvalue weighted by molar-refractivity contribution is 6.04. The molecular formula is C27H29F3N4O3. The van der Waals surface area contributed by atoms with Crippen molar-refractivity contribution < 1.29 is 27.4 Å². The van der Waals surface area contributed by atoms with Crippen LogP contribution in [0.4, 0.5) is 24.7 Å². The van der Waals surface area contributed by atoms with Gasteiger partial charge in [0.25, 0.3) is 5.91 Å². The highest BCUT2D eigenvalue weighted by Gasteiger charge is 2.30. The van der Waals surface area contributed by atoms with Crippen LogP contribution in [0.5, 0.6) is 11.5 Å². The Morgan fingerprint density at radius 3 is 2.41 bits per heavy atom. The number of hydrogen-bond acceptors (Lipinski definition) is 6. The van der Waals surface area contributed by atoms with Gasteiger partial charge in [-0.15, -0.1) is 0 Å². The molecule has 3 aromatic rings. The second-order valence-corrected chi connectivity index (χ2v) is 8.73. The quantitative estimate of drug-likeness (QED) is 0.474. The Kier molecular flexibility index (Phi) is 8.17. The number of rotatable bonds is 7. The normalized spacial score (nSPS) is 14.7. The molecular weight excluding hydrogens is 485 g/mol. The Hall–Kier alpha value is -3.79. The monoisotopic (exact) mass is 514 g/mol. The number of carbonyl (C=O) groups is 1. The van der Waals surface area contributed by atoms with Gasteiger partial charge in [-0.2, -0.15) is 13.2 Å². The van der Waals surface area contributed by atoms with Gasteiger partial charge in [0.05, 0.1) is 31.7 Å². The lowest BCUT2D eigenvalue weighted by atomic mass is 10.1. The van der Waals surface area contributed by atoms with E-state index in [0.717, 1.165) is 86.3 Å². The number of amides is 1. The molecule has 0 bridgehead atoms. The van der Waals surface area contributed by atoms with Crippen molar-refractivity contribution >= 4 is 17.4 Å². The third kappa shape index (κ3) is 6.71. The Morgan fingerprint density at radius 1 is 0.973 bits per heavy atom. The van der Waals surface area contributed by atoms with Crippen LogP contribution in [0.2, 0.25) is 0 Å². The van der Waals surface area contributed by atoms with E-state index in [2.05, 4.69) is 20.1 Å². The zero-order valence-corrected chi connectivity index (χ0v) is 20.7. The van der Waals surface area contributed by atoms with Crippen molar-refractivity contribution in [2.24, 2.45) is 0 Å². The van der Waals surface area contributed by atoms with Gasteiger partial charge in [-0.3, -0.25) is 9.69 Å². The van der Waals surface area contributed by atoms with E-state index in [1.54, 1.807) is 26.5 Å². The molecule has 196 valence electrons. The standard InChI is InChI=1S/C27H29F3N4O3/c1-36-23-9-10-24(37-2)20(16-23)18-33-12-3-13-34(15-14-33)25-11-8-22(17-31-25)32-26(35)19-4-6-21(7-5-19)27(28,29)30/h4-11,16-17H,3,12-15,18H2,1-2H3,(H,32,35). The Morgan fingerprint density at radius 2 is 1.76 bits per heavy atom. The van der Waals surface area contributed by atoms with E-state index >= 15 is 0 Å². The fourth-order valence-corrected chi connectivity index (χ4v) is 4.27. The molecule has 1 amide bonds. The highest BCUT2D eigenvalue weighted by atomic mass is 19.4. The third-order valence-electron chi connectivity index (χ3n) is 6.27. The first kappa shape index (κ1) is 26.3. The predicted octanol–water partition coefficient (Wildman–Crippen LogP) is 5.08. The van der Waals surface area contributed by atoms with Crippen molar-refractivity contribution in [2.75, 3.05) is 50.6 Å². The molecule has 0 spiro atoms. The molecule has 1 N–H and O–H groups in total. The first-order valence-electron chi connectivity index (χ1n) is 11.9. The molecule has 0 aliphatic carbocycles. The Labute approximate surface area is 213 Å². The van der Waals surface area contributed by atoms with Crippen LogP contribution in [0.3, 0.4) is 0 Å². The number of alkyl halides is 3. The molecule has 0 atom stereocenters. The van der Waals surface area contributed by atoms with Crippen LogP contribution in [-0.4, -0.2) is 56.2 Å². The SMILES string of the molecule is COc1ccc(OC)c(CN2CCCN(c3ccc(NC(=O)c4ccc(C(F)(F)F)cc4)cn3)CC2)c1. The summed E-state index contributed by atoms with van der Waals surface area (Å²) < 4.78 is 49.1. The van der Waals surface area contributed by atoms with E-state index in [4.69, 9.17) is 9.47 Å². The van der Waals surface area contributed by atoms with Gasteiger partial charge in [0.2, 0.25) is 0 Å². The number of anilines is 2. The van der Waals surface area contributed by atoms with Crippen molar-refractivity contribution in [2.45, 2.75) is 19.1 Å². The van der Waals surface area contributed by atoms with E-state index in [1.807, 2.05) is 24.3 Å². The van der Waals surface area contributed by atoms with E-state index in [-0.39, 0.29) is 5.56 Å². The number of halogens is 3. The molecule has 2 aromatic carbocycles. The number of carbonyl (C=O) groups excluding carboxylic acids is 1. The van der Waals surface area contributed by atoms with Crippen LogP contribution >= 0.6 is 0 Å². The fourth-order valence-electron chi connectivity index (χ4n) is 4.27. The summed E-state index contributed by atoms with van der Waals surface area (Å²) in [5.74, 6) is 1.93. The molecule has 0 saturated carbocycles. The number of benzene rings is 2. The number of nitrogens with one attached hydrogen (secondary N) is 1. The molecule has 1 saturated heterocycles. The second kappa shape index (κ2) is 11.5. The predicted molar refractivity (Wildman–Crippen MR) is 135 cm³/mol. The van der Waals surface area contributed by atoms with Crippen molar-refractivity contribution in [1.82, 2.24) is 9.88 Å². The molecule has 1 aliphatic heterocycles. The molecule has 4 rings (SSSR count). The van der Waals surface area contributed by atoms with E-state index in [0.29, 0.717) is 5.69 Å². The summed E-state index contributed by atoms with van der Waals surface area (Å²) in [5.41, 5.74) is 0.878. The van der Waals surface area contributed by atoms with E-state index in [9.17, 15) is 18.0 Å². The number of aromatic nitrogens is 1. The zero-order chi connectivity index (χ0) is 26.4. The molecule has 7 nitrogen and oxygen atoms in total. The minimum absolute atomic E-state index is 0.136.